The molecule has 2 rings (SSSR count). The summed E-state index contributed by atoms with van der Waals surface area (Å²) in [5.41, 5.74) is 0.883. The summed E-state index contributed by atoms with van der Waals surface area (Å²) in [5, 5.41) is 9.64. The first-order valence-electron chi connectivity index (χ1n) is 5.43. The Labute approximate surface area is 114 Å². The smallest absolute Gasteiger partial charge is 0.160 e. The molecule has 1 N–H and O–H groups in total. The average molecular weight is 309 g/mol. The van der Waals surface area contributed by atoms with Crippen molar-refractivity contribution in [3.05, 3.63) is 52.5 Å². The maximum Gasteiger partial charge on any atom is 0.160 e. The summed E-state index contributed by atoms with van der Waals surface area (Å²) in [4.78, 5) is 0. The number of phenols is 1. The van der Waals surface area contributed by atoms with E-state index in [0.717, 1.165) is 15.8 Å². The predicted octanol–water partition coefficient (Wildman–Crippen LogP) is 3.74. The molecule has 0 fully saturated rings. The van der Waals surface area contributed by atoms with Crippen LogP contribution >= 0.6 is 15.9 Å². The zero-order valence-corrected chi connectivity index (χ0v) is 11.5. The van der Waals surface area contributed by atoms with E-state index in [1.165, 1.54) is 7.11 Å². The Kier molecular flexibility index (Phi) is 4.10. The second kappa shape index (κ2) is 5.78. The molecule has 0 amide bonds. The number of hydrogen-bond acceptors (Lipinski definition) is 3. The summed E-state index contributed by atoms with van der Waals surface area (Å²) in [7, 11) is 1.52. The van der Waals surface area contributed by atoms with Crippen LogP contribution in [0.1, 0.15) is 5.56 Å². The lowest BCUT2D eigenvalue weighted by Crippen LogP contribution is -1.95. The first-order valence-corrected chi connectivity index (χ1v) is 6.22. The molecular weight excluding hydrogens is 296 g/mol. The summed E-state index contributed by atoms with van der Waals surface area (Å²) < 4.78 is 11.6. The SMILES string of the molecule is COc1ccc(COc2cccc(Br)c2)cc1O. The van der Waals surface area contributed by atoms with Gasteiger partial charge in [0.25, 0.3) is 0 Å². The van der Waals surface area contributed by atoms with E-state index in [1.807, 2.05) is 30.3 Å². The molecule has 2 aromatic rings. The van der Waals surface area contributed by atoms with Gasteiger partial charge in [0.15, 0.2) is 11.5 Å². The van der Waals surface area contributed by atoms with E-state index in [1.54, 1.807) is 12.1 Å². The molecule has 4 heteroatoms. The van der Waals surface area contributed by atoms with Gasteiger partial charge >= 0.3 is 0 Å². The Morgan fingerprint density at radius 1 is 1.17 bits per heavy atom. The van der Waals surface area contributed by atoms with Gasteiger partial charge in [-0.2, -0.15) is 0 Å². The van der Waals surface area contributed by atoms with Crippen molar-refractivity contribution >= 4 is 15.9 Å². The van der Waals surface area contributed by atoms with Gasteiger partial charge in [-0.3, -0.25) is 0 Å². The van der Waals surface area contributed by atoms with Gasteiger partial charge in [0.2, 0.25) is 0 Å². The van der Waals surface area contributed by atoms with Crippen LogP contribution in [0.25, 0.3) is 0 Å². The van der Waals surface area contributed by atoms with Crippen LogP contribution in [0.15, 0.2) is 46.9 Å². The predicted molar refractivity (Wildman–Crippen MR) is 73.1 cm³/mol. The van der Waals surface area contributed by atoms with E-state index in [0.29, 0.717) is 12.4 Å². The van der Waals surface area contributed by atoms with Gasteiger partial charge < -0.3 is 14.6 Å². The third-order valence-electron chi connectivity index (χ3n) is 2.44. The summed E-state index contributed by atoms with van der Waals surface area (Å²) in [5.74, 6) is 1.36. The summed E-state index contributed by atoms with van der Waals surface area (Å²) >= 11 is 3.38. The van der Waals surface area contributed by atoms with Crippen LogP contribution in [0.4, 0.5) is 0 Å². The Bertz CT molecular complexity index is 540. The largest absolute Gasteiger partial charge is 0.504 e. The molecule has 0 bridgehead atoms. The van der Waals surface area contributed by atoms with Crippen LogP contribution < -0.4 is 9.47 Å². The van der Waals surface area contributed by atoms with Gasteiger partial charge in [-0.25, -0.2) is 0 Å². The van der Waals surface area contributed by atoms with Crippen molar-refractivity contribution in [3.63, 3.8) is 0 Å². The van der Waals surface area contributed by atoms with Crippen LogP contribution in [0.3, 0.4) is 0 Å². The molecule has 0 saturated carbocycles. The minimum atomic E-state index is 0.118. The van der Waals surface area contributed by atoms with Crippen molar-refractivity contribution < 1.29 is 14.6 Å². The number of benzene rings is 2. The molecular formula is C14H13BrO3. The number of halogens is 1. The van der Waals surface area contributed by atoms with Gasteiger partial charge in [-0.05, 0) is 35.9 Å². The minimum Gasteiger partial charge on any atom is -0.504 e. The first-order chi connectivity index (χ1) is 8.69. The molecule has 0 saturated heterocycles. The van der Waals surface area contributed by atoms with Crippen molar-refractivity contribution in [1.29, 1.82) is 0 Å². The number of hydrogen-bond donors (Lipinski definition) is 1. The summed E-state index contributed by atoms with van der Waals surface area (Å²) in [6.07, 6.45) is 0. The highest BCUT2D eigenvalue weighted by Crippen LogP contribution is 2.27. The van der Waals surface area contributed by atoms with E-state index < -0.39 is 0 Å². The van der Waals surface area contributed by atoms with Crippen LogP contribution in [0.5, 0.6) is 17.2 Å². The molecule has 0 aliphatic carbocycles. The van der Waals surface area contributed by atoms with E-state index in [-0.39, 0.29) is 5.75 Å². The van der Waals surface area contributed by atoms with Crippen molar-refractivity contribution in [2.24, 2.45) is 0 Å². The van der Waals surface area contributed by atoms with Gasteiger partial charge in [0.1, 0.15) is 12.4 Å². The number of phenolic OH excluding ortho intramolecular Hbond substituents is 1. The van der Waals surface area contributed by atoms with E-state index in [2.05, 4.69) is 15.9 Å². The molecule has 0 unspecified atom stereocenters. The summed E-state index contributed by atoms with van der Waals surface area (Å²) in [6, 6.07) is 12.8. The summed E-state index contributed by atoms with van der Waals surface area (Å²) in [6.45, 7) is 0.397. The number of ether oxygens (including phenoxy) is 2. The molecule has 0 aliphatic heterocycles. The van der Waals surface area contributed by atoms with Gasteiger partial charge in [-0.1, -0.05) is 28.1 Å². The molecule has 0 aromatic heterocycles. The quantitative estimate of drug-likeness (QED) is 0.935. The number of rotatable bonds is 4. The third-order valence-corrected chi connectivity index (χ3v) is 2.94. The third kappa shape index (κ3) is 3.17. The van der Waals surface area contributed by atoms with Gasteiger partial charge in [-0.15, -0.1) is 0 Å². The normalized spacial score (nSPS) is 10.1. The maximum atomic E-state index is 9.64. The van der Waals surface area contributed by atoms with Crippen LogP contribution in [-0.4, -0.2) is 12.2 Å². The standard InChI is InChI=1S/C14H13BrO3/c1-17-14-6-5-10(7-13(14)16)9-18-12-4-2-3-11(15)8-12/h2-8,16H,9H2,1H3. The van der Waals surface area contributed by atoms with Crippen molar-refractivity contribution in [1.82, 2.24) is 0 Å². The lowest BCUT2D eigenvalue weighted by Gasteiger charge is -2.08. The lowest BCUT2D eigenvalue weighted by atomic mass is 10.2. The molecule has 3 nitrogen and oxygen atoms in total. The topological polar surface area (TPSA) is 38.7 Å². The zero-order chi connectivity index (χ0) is 13.0. The second-order valence-electron chi connectivity index (χ2n) is 3.75. The molecule has 94 valence electrons. The minimum absolute atomic E-state index is 0.118. The van der Waals surface area contributed by atoms with Crippen molar-refractivity contribution in [2.75, 3.05) is 7.11 Å². The molecule has 0 radical (unpaired) electrons. The first kappa shape index (κ1) is 12.8. The van der Waals surface area contributed by atoms with E-state index in [4.69, 9.17) is 9.47 Å². The molecule has 2 aromatic carbocycles. The highest BCUT2D eigenvalue weighted by atomic mass is 79.9. The van der Waals surface area contributed by atoms with Crippen molar-refractivity contribution in [3.8, 4) is 17.2 Å². The molecule has 0 atom stereocenters. The highest BCUT2D eigenvalue weighted by molar-refractivity contribution is 9.10. The Morgan fingerprint density at radius 3 is 2.67 bits per heavy atom. The van der Waals surface area contributed by atoms with Crippen LogP contribution in [0.2, 0.25) is 0 Å². The zero-order valence-electron chi connectivity index (χ0n) is 9.89. The highest BCUT2D eigenvalue weighted by Gasteiger charge is 2.03. The fourth-order valence-electron chi connectivity index (χ4n) is 1.55. The fourth-order valence-corrected chi connectivity index (χ4v) is 1.93. The average Bonchev–Trinajstić information content (AvgIpc) is 2.37. The van der Waals surface area contributed by atoms with Gasteiger partial charge in [0, 0.05) is 4.47 Å². The lowest BCUT2D eigenvalue weighted by molar-refractivity contribution is 0.304. The maximum absolute atomic E-state index is 9.64. The number of methoxy groups -OCH3 is 1. The van der Waals surface area contributed by atoms with Crippen molar-refractivity contribution in [2.45, 2.75) is 6.61 Å². The Morgan fingerprint density at radius 2 is 2.00 bits per heavy atom. The Balaban J connectivity index is 2.04. The fraction of sp³-hybridized carbons (Fsp3) is 0.143. The molecule has 0 heterocycles. The number of aromatic hydroxyl groups is 1. The monoisotopic (exact) mass is 308 g/mol. The molecule has 18 heavy (non-hydrogen) atoms. The van der Waals surface area contributed by atoms with Crippen LogP contribution in [-0.2, 0) is 6.61 Å². The van der Waals surface area contributed by atoms with E-state index in [9.17, 15) is 5.11 Å². The Hall–Kier alpha value is -1.68. The van der Waals surface area contributed by atoms with Crippen LogP contribution in [0, 0.1) is 0 Å². The second-order valence-corrected chi connectivity index (χ2v) is 4.67. The van der Waals surface area contributed by atoms with E-state index >= 15 is 0 Å². The molecule has 0 aliphatic rings. The molecule has 0 spiro atoms. The van der Waals surface area contributed by atoms with Gasteiger partial charge in [0.05, 0.1) is 7.11 Å².